The number of rotatable bonds is 11. The summed E-state index contributed by atoms with van der Waals surface area (Å²) in [7, 11) is 1.63. The minimum Gasteiger partial charge on any atom is -0.443 e. The molecule has 4 heterocycles. The standard InChI is InChI=1S/C42H30ClF6N9O3S/c1-56-36-30(7-6-26(43)34(36)39(54-56)55-62-2)58-40(52-27-12-19(3-5-23(27)41(58)60)20-4-8-31-28(13-20)50-17-61-31)29(11-18-9-21(44)14-22(45)10-18)51-32(59)16-57-37-33(35(53-57)38(46)47)24-15-25(24)42(37,48)49/h3-10,12-14,17,24-25,29,38H,11,15-16H2,1-2H3,(H,51,59)(H,54,55)/t24-,25?,29?/m0/s1. The molecule has 12 nitrogen and oxygen atoms in total. The molecule has 3 atom stereocenters. The van der Waals surface area contributed by atoms with Crippen molar-refractivity contribution in [1.82, 2.24) is 39.4 Å². The molecule has 316 valence electrons. The normalized spacial score (nSPS) is 16.9. The zero-order valence-electron chi connectivity index (χ0n) is 32.3. The monoisotopic (exact) mass is 889 g/mol. The average molecular weight is 890 g/mol. The van der Waals surface area contributed by atoms with Crippen molar-refractivity contribution in [2.45, 2.75) is 43.7 Å². The molecular formula is C42H30ClF6N9O3S. The highest BCUT2D eigenvalue weighted by molar-refractivity contribution is 7.99. The van der Waals surface area contributed by atoms with Gasteiger partial charge in [0.25, 0.3) is 17.9 Å². The number of nitrogens with one attached hydrogen (secondary N) is 2. The lowest BCUT2D eigenvalue weighted by molar-refractivity contribution is -0.123. The zero-order chi connectivity index (χ0) is 43.4. The van der Waals surface area contributed by atoms with Gasteiger partial charge in [-0.2, -0.15) is 19.0 Å². The number of hydrogen-bond donors (Lipinski definition) is 2. The van der Waals surface area contributed by atoms with Gasteiger partial charge in [0, 0.05) is 37.3 Å². The molecule has 20 heteroatoms. The second-order valence-corrected chi connectivity index (χ2v) is 16.2. The van der Waals surface area contributed by atoms with Gasteiger partial charge in [-0.3, -0.25) is 23.5 Å². The van der Waals surface area contributed by atoms with Crippen LogP contribution in [0.2, 0.25) is 5.02 Å². The van der Waals surface area contributed by atoms with E-state index in [2.05, 4.69) is 25.2 Å². The molecule has 2 aliphatic carbocycles. The van der Waals surface area contributed by atoms with Crippen LogP contribution in [0.25, 0.3) is 49.7 Å². The van der Waals surface area contributed by atoms with Gasteiger partial charge in [0.2, 0.25) is 5.91 Å². The van der Waals surface area contributed by atoms with E-state index in [9.17, 15) is 22.4 Å². The Labute approximate surface area is 355 Å². The first-order valence-electron chi connectivity index (χ1n) is 19.1. The van der Waals surface area contributed by atoms with Gasteiger partial charge in [-0.05, 0) is 77.6 Å². The van der Waals surface area contributed by atoms with E-state index in [0.29, 0.717) is 49.7 Å². The van der Waals surface area contributed by atoms with Gasteiger partial charge < -0.3 is 14.5 Å². The van der Waals surface area contributed by atoms with E-state index in [1.807, 2.05) is 0 Å². The molecule has 62 heavy (non-hydrogen) atoms. The van der Waals surface area contributed by atoms with E-state index >= 15 is 13.6 Å². The molecule has 8 aromatic rings. The van der Waals surface area contributed by atoms with Gasteiger partial charge in [-0.1, -0.05) is 35.7 Å². The first-order valence-corrected chi connectivity index (χ1v) is 20.7. The van der Waals surface area contributed by atoms with Crippen molar-refractivity contribution >= 4 is 68.2 Å². The van der Waals surface area contributed by atoms with Crippen molar-refractivity contribution in [2.75, 3.05) is 11.0 Å². The number of fused-ring (bicyclic) bond motifs is 6. The lowest BCUT2D eigenvalue weighted by Crippen LogP contribution is -2.38. The first-order chi connectivity index (χ1) is 29.7. The lowest BCUT2D eigenvalue weighted by atomic mass is 10.0. The summed E-state index contributed by atoms with van der Waals surface area (Å²) >= 11 is 7.99. The van der Waals surface area contributed by atoms with Gasteiger partial charge in [-0.15, -0.1) is 0 Å². The predicted molar refractivity (Wildman–Crippen MR) is 220 cm³/mol. The summed E-state index contributed by atoms with van der Waals surface area (Å²) < 4.78 is 101. The highest BCUT2D eigenvalue weighted by Gasteiger charge is 2.67. The molecule has 0 radical (unpaired) electrons. The Morgan fingerprint density at radius 2 is 1.76 bits per heavy atom. The maximum atomic E-state index is 15.6. The van der Waals surface area contributed by atoms with E-state index in [1.165, 1.54) is 27.6 Å². The highest BCUT2D eigenvalue weighted by Crippen LogP contribution is 2.68. The third-order valence-electron chi connectivity index (χ3n) is 11.4. The summed E-state index contributed by atoms with van der Waals surface area (Å²) in [6, 6.07) is 14.7. The molecule has 1 fully saturated rings. The van der Waals surface area contributed by atoms with Gasteiger partial charge >= 0.3 is 0 Å². The largest absolute Gasteiger partial charge is 0.443 e. The Bertz CT molecular complexity index is 3200. The van der Waals surface area contributed by atoms with E-state index in [-0.39, 0.29) is 51.4 Å². The number of amides is 1. The summed E-state index contributed by atoms with van der Waals surface area (Å²) in [6.07, 6.45) is -0.444. The maximum Gasteiger partial charge on any atom is 0.293 e. The molecule has 0 saturated heterocycles. The van der Waals surface area contributed by atoms with Crippen LogP contribution in [-0.2, 0) is 30.7 Å². The molecule has 4 aromatic heterocycles. The fraction of sp³-hybridized carbons (Fsp3) is 0.238. The van der Waals surface area contributed by atoms with Gasteiger partial charge in [0.15, 0.2) is 17.8 Å². The maximum absolute atomic E-state index is 15.6. The van der Waals surface area contributed by atoms with E-state index in [0.717, 1.165) is 12.1 Å². The Morgan fingerprint density at radius 3 is 2.50 bits per heavy atom. The molecular weight excluding hydrogens is 860 g/mol. The summed E-state index contributed by atoms with van der Waals surface area (Å²) in [6.45, 7) is -0.929. The van der Waals surface area contributed by atoms with E-state index in [4.69, 9.17) is 21.0 Å². The zero-order valence-corrected chi connectivity index (χ0v) is 33.8. The lowest BCUT2D eigenvalue weighted by Gasteiger charge is -2.24. The predicted octanol–water partition coefficient (Wildman–Crippen LogP) is 9.15. The number of oxazole rings is 1. The molecule has 1 saturated carbocycles. The van der Waals surface area contributed by atoms with Crippen molar-refractivity contribution < 1.29 is 35.6 Å². The second kappa shape index (κ2) is 14.6. The van der Waals surface area contributed by atoms with Crippen molar-refractivity contribution in [3.63, 3.8) is 0 Å². The van der Waals surface area contributed by atoms with Crippen molar-refractivity contribution in [1.29, 1.82) is 0 Å². The number of alkyl halides is 4. The van der Waals surface area contributed by atoms with Crippen LogP contribution in [0.4, 0.5) is 32.2 Å². The SMILES string of the molecule is CSNc1nn(C)c2c(-n3c(C(Cc4cc(F)cc(F)c4)NC(=O)Cn4nc(C(F)F)c5c4C(F)(F)C4C[C@H]54)nc4cc(-c5ccc6ocnc6c5)ccc4c3=O)ccc(Cl)c12. The van der Waals surface area contributed by atoms with Crippen LogP contribution in [0.3, 0.4) is 0 Å². The second-order valence-electron chi connectivity index (χ2n) is 15.2. The molecule has 2 aliphatic rings. The first kappa shape index (κ1) is 39.8. The van der Waals surface area contributed by atoms with Crippen LogP contribution in [0, 0.1) is 17.6 Å². The topological polar surface area (TPSA) is 138 Å². The number of aryl methyl sites for hydroxylation is 1. The number of benzene rings is 4. The summed E-state index contributed by atoms with van der Waals surface area (Å²) in [4.78, 5) is 38.5. The number of anilines is 1. The molecule has 0 bridgehead atoms. The van der Waals surface area contributed by atoms with Crippen LogP contribution < -0.4 is 15.6 Å². The van der Waals surface area contributed by atoms with Crippen LogP contribution in [0.5, 0.6) is 0 Å². The number of halogens is 7. The van der Waals surface area contributed by atoms with Crippen LogP contribution in [-0.4, -0.2) is 46.3 Å². The Hall–Kier alpha value is -6.34. The number of carbonyl (C=O) groups is 1. The van der Waals surface area contributed by atoms with Crippen LogP contribution >= 0.6 is 23.5 Å². The number of aromatic nitrogens is 7. The molecule has 2 unspecified atom stereocenters. The van der Waals surface area contributed by atoms with Crippen molar-refractivity contribution in [2.24, 2.45) is 13.0 Å². The van der Waals surface area contributed by atoms with Crippen molar-refractivity contribution in [3.05, 3.63) is 128 Å². The molecule has 2 N–H and O–H groups in total. The van der Waals surface area contributed by atoms with Crippen LogP contribution in [0.1, 0.15) is 53.1 Å². The highest BCUT2D eigenvalue weighted by atomic mass is 35.5. The fourth-order valence-corrected chi connectivity index (χ4v) is 9.30. The fourth-order valence-electron chi connectivity index (χ4n) is 8.72. The van der Waals surface area contributed by atoms with Gasteiger partial charge in [0.05, 0.1) is 38.6 Å². The van der Waals surface area contributed by atoms with E-state index in [1.54, 1.807) is 61.8 Å². The smallest absolute Gasteiger partial charge is 0.293 e. The Balaban J connectivity index is 1.17. The third-order valence-corrected chi connectivity index (χ3v) is 12.1. The Morgan fingerprint density at radius 1 is 1.02 bits per heavy atom. The van der Waals surface area contributed by atoms with Gasteiger partial charge in [-0.25, -0.2) is 27.5 Å². The minimum absolute atomic E-state index is 0.0229. The summed E-state index contributed by atoms with van der Waals surface area (Å²) in [5, 5.41) is 12.0. The number of carbonyl (C=O) groups excluding carboxylic acids is 1. The Kier molecular flexibility index (Phi) is 9.40. The average Bonchev–Trinajstić information content (AvgIpc) is 3.44. The summed E-state index contributed by atoms with van der Waals surface area (Å²) in [5.41, 5.74) is 0.782. The molecule has 4 aromatic carbocycles. The molecule has 1 amide bonds. The van der Waals surface area contributed by atoms with E-state index < -0.39 is 71.3 Å². The molecule has 0 spiro atoms. The quantitative estimate of drug-likeness (QED) is 0.0963. The minimum atomic E-state index is -3.51. The summed E-state index contributed by atoms with van der Waals surface area (Å²) in [5.74, 6) is -8.10. The number of nitrogens with zero attached hydrogens (tertiary/aromatic N) is 7. The van der Waals surface area contributed by atoms with Crippen molar-refractivity contribution in [3.8, 4) is 16.8 Å². The molecule has 0 aliphatic heterocycles. The van der Waals surface area contributed by atoms with Crippen LogP contribution in [0.15, 0.2) is 82.3 Å². The van der Waals surface area contributed by atoms with Gasteiger partial charge in [0.1, 0.15) is 40.9 Å². The third kappa shape index (κ3) is 6.47. The molecule has 10 rings (SSSR count). The number of hydrogen-bond acceptors (Lipinski definition) is 9.